The van der Waals surface area contributed by atoms with E-state index in [9.17, 15) is 23.1 Å². The molecule has 0 saturated carbocycles. The first kappa shape index (κ1) is 25.6. The molecule has 0 unspecified atom stereocenters. The number of sulfonamides is 1. The summed E-state index contributed by atoms with van der Waals surface area (Å²) in [6, 6.07) is 14.8. The Balaban J connectivity index is 1.57. The van der Waals surface area contributed by atoms with Gasteiger partial charge in [-0.25, -0.2) is 13.4 Å². The van der Waals surface area contributed by atoms with Crippen LogP contribution in [-0.4, -0.2) is 43.0 Å². The lowest BCUT2D eigenvalue weighted by Crippen LogP contribution is -2.41. The molecule has 3 rings (SSSR count). The fourth-order valence-corrected chi connectivity index (χ4v) is 4.54. The van der Waals surface area contributed by atoms with Gasteiger partial charge in [-0.2, -0.15) is 4.72 Å². The molecular formula is C23H21Cl2N3O5S. The number of nitrogens with zero attached hydrogens (tertiary/aromatic N) is 1. The minimum absolute atomic E-state index is 0.0173. The van der Waals surface area contributed by atoms with Crippen LogP contribution in [0, 0.1) is 0 Å². The summed E-state index contributed by atoms with van der Waals surface area (Å²) < 4.78 is 27.6. The van der Waals surface area contributed by atoms with Crippen molar-refractivity contribution >= 4 is 45.1 Å². The first-order valence-corrected chi connectivity index (χ1v) is 12.4. The molecule has 1 aromatic heterocycles. The molecule has 0 spiro atoms. The van der Waals surface area contributed by atoms with Crippen LogP contribution in [0.5, 0.6) is 0 Å². The third-order valence-electron chi connectivity index (χ3n) is 4.88. The molecule has 0 bridgehead atoms. The van der Waals surface area contributed by atoms with Gasteiger partial charge in [-0.05, 0) is 60.4 Å². The van der Waals surface area contributed by atoms with Crippen LogP contribution >= 0.6 is 23.2 Å². The second-order valence-corrected chi connectivity index (χ2v) is 9.85. The molecule has 0 saturated heterocycles. The van der Waals surface area contributed by atoms with Crippen LogP contribution in [0.3, 0.4) is 0 Å². The van der Waals surface area contributed by atoms with E-state index in [1.165, 1.54) is 30.5 Å². The Morgan fingerprint density at radius 3 is 2.12 bits per heavy atom. The van der Waals surface area contributed by atoms with E-state index in [1.54, 1.807) is 24.3 Å². The van der Waals surface area contributed by atoms with E-state index in [4.69, 9.17) is 23.2 Å². The Morgan fingerprint density at radius 1 is 0.941 bits per heavy atom. The highest BCUT2D eigenvalue weighted by atomic mass is 35.5. The van der Waals surface area contributed by atoms with Crippen molar-refractivity contribution in [2.75, 3.05) is 6.54 Å². The molecule has 178 valence electrons. The van der Waals surface area contributed by atoms with Crippen LogP contribution in [0.1, 0.15) is 23.2 Å². The van der Waals surface area contributed by atoms with Crippen molar-refractivity contribution < 1.29 is 23.1 Å². The maximum absolute atomic E-state index is 12.7. The van der Waals surface area contributed by atoms with Gasteiger partial charge in [-0.15, -0.1) is 0 Å². The Labute approximate surface area is 207 Å². The Kier molecular flexibility index (Phi) is 8.62. The maximum Gasteiger partial charge on any atom is 0.321 e. The number of rotatable bonds is 10. The highest BCUT2D eigenvalue weighted by Crippen LogP contribution is 2.23. The lowest BCUT2D eigenvalue weighted by Gasteiger charge is -2.15. The van der Waals surface area contributed by atoms with E-state index in [0.717, 1.165) is 11.1 Å². The number of pyridine rings is 1. The topological polar surface area (TPSA) is 125 Å². The summed E-state index contributed by atoms with van der Waals surface area (Å²) in [6.07, 6.45) is 1.54. The van der Waals surface area contributed by atoms with Gasteiger partial charge in [0.1, 0.15) is 11.2 Å². The number of hydrogen-bond donors (Lipinski definition) is 3. The summed E-state index contributed by atoms with van der Waals surface area (Å²) in [7, 11) is -4.07. The van der Waals surface area contributed by atoms with E-state index in [-0.39, 0.29) is 29.4 Å². The van der Waals surface area contributed by atoms with Gasteiger partial charge in [-0.1, -0.05) is 47.5 Å². The predicted octanol–water partition coefficient (Wildman–Crippen LogP) is 4.00. The Hall–Kier alpha value is -2.98. The van der Waals surface area contributed by atoms with Crippen molar-refractivity contribution in [2.24, 2.45) is 0 Å². The molecule has 3 N–H and O–H groups in total. The summed E-state index contributed by atoms with van der Waals surface area (Å²) in [5.74, 6) is -1.70. The lowest BCUT2D eigenvalue weighted by molar-refractivity contribution is -0.139. The zero-order valence-corrected chi connectivity index (χ0v) is 20.1. The third-order valence-corrected chi connectivity index (χ3v) is 6.85. The van der Waals surface area contributed by atoms with Crippen LogP contribution in [0.25, 0.3) is 11.1 Å². The van der Waals surface area contributed by atoms with E-state index in [0.29, 0.717) is 10.6 Å². The number of aliphatic carboxylic acids is 1. The largest absolute Gasteiger partial charge is 0.480 e. The third kappa shape index (κ3) is 7.01. The van der Waals surface area contributed by atoms with Gasteiger partial charge < -0.3 is 10.4 Å². The van der Waals surface area contributed by atoms with E-state index >= 15 is 0 Å². The van der Waals surface area contributed by atoms with Gasteiger partial charge in [0.2, 0.25) is 10.0 Å². The van der Waals surface area contributed by atoms with E-state index in [2.05, 4.69) is 15.0 Å². The van der Waals surface area contributed by atoms with Crippen molar-refractivity contribution in [1.82, 2.24) is 15.0 Å². The van der Waals surface area contributed by atoms with Crippen molar-refractivity contribution in [2.45, 2.75) is 23.8 Å². The molecule has 0 aliphatic heterocycles. The predicted molar refractivity (Wildman–Crippen MR) is 129 cm³/mol. The van der Waals surface area contributed by atoms with Crippen LogP contribution in [0.4, 0.5) is 0 Å². The summed E-state index contributed by atoms with van der Waals surface area (Å²) in [5, 5.41) is 12.9. The highest BCUT2D eigenvalue weighted by molar-refractivity contribution is 7.89. The van der Waals surface area contributed by atoms with Gasteiger partial charge in [0.15, 0.2) is 0 Å². The number of amides is 1. The number of nitrogens with one attached hydrogen (secondary N) is 2. The van der Waals surface area contributed by atoms with Crippen molar-refractivity contribution in [1.29, 1.82) is 0 Å². The lowest BCUT2D eigenvalue weighted by atomic mass is 10.1. The first-order chi connectivity index (χ1) is 16.2. The molecule has 0 aliphatic rings. The molecule has 3 aromatic rings. The van der Waals surface area contributed by atoms with Crippen LogP contribution in [0.2, 0.25) is 10.2 Å². The summed E-state index contributed by atoms with van der Waals surface area (Å²) in [5.41, 5.74) is 1.96. The summed E-state index contributed by atoms with van der Waals surface area (Å²) in [6.45, 7) is 0.156. The number of benzene rings is 2. The molecule has 0 fully saturated rings. The molecular weight excluding hydrogens is 501 g/mol. The number of carbonyl (C=O) groups excluding carboxylic acids is 1. The van der Waals surface area contributed by atoms with Crippen molar-refractivity contribution in [3.05, 3.63) is 82.6 Å². The standard InChI is InChI=1S/C23H21Cl2N3O5S/c24-18-8-3-15(4-9-18)16-5-10-19(11-6-16)34(32,33)28-20(23(30)31)2-1-13-26-22(29)17-7-12-21(25)27-14-17/h3-12,14,20,28H,1-2,13H2,(H,26,29)(H,30,31)/t20-/m0/s1. The number of halogens is 2. The van der Waals surface area contributed by atoms with E-state index < -0.39 is 27.9 Å². The molecule has 34 heavy (non-hydrogen) atoms. The van der Waals surface area contributed by atoms with Gasteiger partial charge in [0.05, 0.1) is 10.5 Å². The highest BCUT2D eigenvalue weighted by Gasteiger charge is 2.25. The second-order valence-electron chi connectivity index (χ2n) is 7.31. The van der Waals surface area contributed by atoms with Gasteiger partial charge >= 0.3 is 5.97 Å². The van der Waals surface area contributed by atoms with Crippen LogP contribution < -0.4 is 10.0 Å². The van der Waals surface area contributed by atoms with Gasteiger partial charge in [0, 0.05) is 17.8 Å². The number of hydrogen-bond acceptors (Lipinski definition) is 5. The van der Waals surface area contributed by atoms with Gasteiger partial charge in [0.25, 0.3) is 5.91 Å². The minimum Gasteiger partial charge on any atom is -0.480 e. The summed E-state index contributed by atoms with van der Waals surface area (Å²) in [4.78, 5) is 27.4. The van der Waals surface area contributed by atoms with Crippen molar-refractivity contribution in [3.63, 3.8) is 0 Å². The molecule has 8 nitrogen and oxygen atoms in total. The average molecular weight is 522 g/mol. The quantitative estimate of drug-likeness (QED) is 0.273. The number of aromatic nitrogens is 1. The fraction of sp³-hybridized carbons (Fsp3) is 0.174. The number of carbonyl (C=O) groups is 2. The van der Waals surface area contributed by atoms with E-state index in [1.807, 2.05) is 12.1 Å². The zero-order valence-electron chi connectivity index (χ0n) is 17.7. The van der Waals surface area contributed by atoms with Crippen molar-refractivity contribution in [3.8, 4) is 11.1 Å². The second kappa shape index (κ2) is 11.4. The maximum atomic E-state index is 12.7. The first-order valence-electron chi connectivity index (χ1n) is 10.2. The Morgan fingerprint density at radius 2 is 1.56 bits per heavy atom. The Bertz CT molecular complexity index is 1250. The monoisotopic (exact) mass is 521 g/mol. The summed E-state index contributed by atoms with van der Waals surface area (Å²) >= 11 is 11.6. The van der Waals surface area contributed by atoms with Gasteiger partial charge in [-0.3, -0.25) is 9.59 Å². The molecule has 0 radical (unpaired) electrons. The number of carboxylic acids is 1. The average Bonchev–Trinajstić information content (AvgIpc) is 2.81. The molecule has 2 aromatic carbocycles. The molecule has 0 aliphatic carbocycles. The molecule has 1 atom stereocenters. The van der Waals surface area contributed by atoms with Crippen LogP contribution in [0.15, 0.2) is 71.8 Å². The number of carboxylic acid groups (broad SMARTS) is 1. The fourth-order valence-electron chi connectivity index (χ4n) is 3.08. The molecule has 1 heterocycles. The normalized spacial score (nSPS) is 12.2. The SMILES string of the molecule is O=C(NCCC[C@H](NS(=O)(=O)c1ccc(-c2ccc(Cl)cc2)cc1)C(=O)O)c1ccc(Cl)nc1. The molecule has 1 amide bonds. The molecule has 11 heteroatoms. The minimum atomic E-state index is -4.07. The zero-order chi connectivity index (χ0) is 24.7. The van der Waals surface area contributed by atoms with Crippen LogP contribution in [-0.2, 0) is 14.8 Å². The smallest absolute Gasteiger partial charge is 0.321 e.